The summed E-state index contributed by atoms with van der Waals surface area (Å²) in [6, 6.07) is 21.7. The monoisotopic (exact) mass is 539 g/mol. The molecule has 10 heteroatoms. The Labute approximate surface area is 224 Å². The second-order valence-electron chi connectivity index (χ2n) is 8.80. The van der Waals surface area contributed by atoms with Crippen LogP contribution in [0.1, 0.15) is 5.56 Å². The maximum absolute atomic E-state index is 12.7. The molecule has 9 nitrogen and oxygen atoms in total. The minimum atomic E-state index is -3.69. The van der Waals surface area contributed by atoms with Crippen molar-refractivity contribution in [3.05, 3.63) is 78.4 Å². The standard InChI is InChI=1S/C28H33N3O6S/c1-35-26-13-8-22(20-27(26)36-2)14-15-29-38(33,34)25-11-9-24(10-12-25)37-21-28(32)31-18-16-30(17-19-31)23-6-4-3-5-7-23/h3-13,20,29H,14-19,21H2,1-2H3. The highest BCUT2D eigenvalue weighted by Gasteiger charge is 2.22. The summed E-state index contributed by atoms with van der Waals surface area (Å²) in [5, 5.41) is 0. The van der Waals surface area contributed by atoms with E-state index >= 15 is 0 Å². The number of hydrogen-bond acceptors (Lipinski definition) is 7. The molecule has 1 fully saturated rings. The molecule has 0 aromatic heterocycles. The highest BCUT2D eigenvalue weighted by Crippen LogP contribution is 2.27. The smallest absolute Gasteiger partial charge is 0.260 e. The van der Waals surface area contributed by atoms with Crippen molar-refractivity contribution in [2.75, 3.05) is 58.5 Å². The van der Waals surface area contributed by atoms with Gasteiger partial charge in [0.25, 0.3) is 5.91 Å². The number of anilines is 1. The molecule has 0 saturated carbocycles. The van der Waals surface area contributed by atoms with Crippen molar-refractivity contribution in [2.45, 2.75) is 11.3 Å². The van der Waals surface area contributed by atoms with Gasteiger partial charge in [-0.05, 0) is 60.5 Å². The van der Waals surface area contributed by atoms with Crippen LogP contribution in [0.5, 0.6) is 17.2 Å². The molecule has 202 valence electrons. The second kappa shape index (κ2) is 12.7. The number of rotatable bonds is 11. The van der Waals surface area contributed by atoms with Gasteiger partial charge in [-0.2, -0.15) is 0 Å². The zero-order valence-corrected chi connectivity index (χ0v) is 22.4. The van der Waals surface area contributed by atoms with E-state index < -0.39 is 10.0 Å². The fourth-order valence-corrected chi connectivity index (χ4v) is 5.29. The van der Waals surface area contributed by atoms with Gasteiger partial charge in [-0.1, -0.05) is 24.3 Å². The van der Waals surface area contributed by atoms with Crippen molar-refractivity contribution in [2.24, 2.45) is 0 Å². The minimum Gasteiger partial charge on any atom is -0.493 e. The Balaban J connectivity index is 1.23. The number of amides is 1. The number of carbonyl (C=O) groups is 1. The Morgan fingerprint density at radius 3 is 2.21 bits per heavy atom. The predicted molar refractivity (Wildman–Crippen MR) is 146 cm³/mol. The molecule has 1 aliphatic rings. The molecule has 0 bridgehead atoms. The van der Waals surface area contributed by atoms with Crippen molar-refractivity contribution in [1.29, 1.82) is 0 Å². The molecule has 0 atom stereocenters. The lowest BCUT2D eigenvalue weighted by Crippen LogP contribution is -2.50. The normalized spacial score (nSPS) is 13.7. The molecule has 1 aliphatic heterocycles. The second-order valence-corrected chi connectivity index (χ2v) is 10.6. The summed E-state index contributed by atoms with van der Waals surface area (Å²) in [4.78, 5) is 16.8. The largest absolute Gasteiger partial charge is 0.493 e. The minimum absolute atomic E-state index is 0.0914. The third-order valence-electron chi connectivity index (χ3n) is 6.40. The maximum Gasteiger partial charge on any atom is 0.260 e. The van der Waals surface area contributed by atoms with Crippen molar-refractivity contribution in [3.63, 3.8) is 0 Å². The van der Waals surface area contributed by atoms with Crippen LogP contribution in [0.3, 0.4) is 0 Å². The van der Waals surface area contributed by atoms with Gasteiger partial charge < -0.3 is 24.0 Å². The van der Waals surface area contributed by atoms with E-state index in [1.807, 2.05) is 30.3 Å². The number of benzene rings is 3. The molecule has 0 spiro atoms. The Morgan fingerprint density at radius 1 is 0.868 bits per heavy atom. The van der Waals surface area contributed by atoms with Gasteiger partial charge >= 0.3 is 0 Å². The fourth-order valence-electron chi connectivity index (χ4n) is 4.25. The van der Waals surface area contributed by atoms with Crippen LogP contribution in [-0.4, -0.2) is 72.8 Å². The van der Waals surface area contributed by atoms with Gasteiger partial charge in [0.1, 0.15) is 5.75 Å². The van der Waals surface area contributed by atoms with Crippen LogP contribution >= 0.6 is 0 Å². The molecular weight excluding hydrogens is 506 g/mol. The number of ether oxygens (including phenoxy) is 3. The van der Waals surface area contributed by atoms with Gasteiger partial charge in [0.05, 0.1) is 19.1 Å². The van der Waals surface area contributed by atoms with Crippen molar-refractivity contribution in [3.8, 4) is 17.2 Å². The van der Waals surface area contributed by atoms with Gasteiger partial charge in [-0.3, -0.25) is 4.79 Å². The number of para-hydroxylation sites is 1. The average Bonchev–Trinajstić information content (AvgIpc) is 2.96. The lowest BCUT2D eigenvalue weighted by molar-refractivity contribution is -0.133. The molecular formula is C28H33N3O6S. The molecule has 1 heterocycles. The van der Waals surface area contributed by atoms with E-state index in [9.17, 15) is 13.2 Å². The van der Waals surface area contributed by atoms with E-state index in [1.165, 1.54) is 12.1 Å². The first kappa shape index (κ1) is 27.3. The fraction of sp³-hybridized carbons (Fsp3) is 0.321. The summed E-state index contributed by atoms with van der Waals surface area (Å²) < 4.78 is 44.2. The summed E-state index contributed by atoms with van der Waals surface area (Å²) in [6.45, 7) is 2.91. The molecule has 1 N–H and O–H groups in total. The van der Waals surface area contributed by atoms with Gasteiger partial charge in [0.2, 0.25) is 10.0 Å². The Hall–Kier alpha value is -3.76. The summed E-state index contributed by atoms with van der Waals surface area (Å²) in [6.07, 6.45) is 0.489. The lowest BCUT2D eigenvalue weighted by atomic mass is 10.1. The van der Waals surface area contributed by atoms with E-state index in [2.05, 4.69) is 21.8 Å². The number of nitrogens with one attached hydrogen (secondary N) is 1. The maximum atomic E-state index is 12.7. The lowest BCUT2D eigenvalue weighted by Gasteiger charge is -2.36. The molecule has 3 aromatic rings. The van der Waals surface area contributed by atoms with Crippen LogP contribution in [0.2, 0.25) is 0 Å². The van der Waals surface area contributed by atoms with Crippen LogP contribution in [0.15, 0.2) is 77.7 Å². The molecule has 4 rings (SSSR count). The van der Waals surface area contributed by atoms with Gasteiger partial charge in [0.15, 0.2) is 18.1 Å². The third-order valence-corrected chi connectivity index (χ3v) is 7.88. The summed E-state index contributed by atoms with van der Waals surface area (Å²) in [5.41, 5.74) is 2.07. The van der Waals surface area contributed by atoms with Crippen molar-refractivity contribution >= 4 is 21.6 Å². The number of hydrogen-bond donors (Lipinski definition) is 1. The van der Waals surface area contributed by atoms with E-state index in [-0.39, 0.29) is 24.0 Å². The SMILES string of the molecule is COc1ccc(CCNS(=O)(=O)c2ccc(OCC(=O)N3CCN(c4ccccc4)CC3)cc2)cc1OC. The first-order valence-electron chi connectivity index (χ1n) is 12.4. The van der Waals surface area contributed by atoms with Crippen LogP contribution in [0.4, 0.5) is 5.69 Å². The molecule has 1 saturated heterocycles. The summed E-state index contributed by atoms with van der Waals surface area (Å²) in [7, 11) is -0.574. The van der Waals surface area contributed by atoms with Gasteiger partial charge in [-0.15, -0.1) is 0 Å². The Morgan fingerprint density at radius 2 is 1.55 bits per heavy atom. The highest BCUT2D eigenvalue weighted by atomic mass is 32.2. The Kier molecular flexibility index (Phi) is 9.09. The van der Waals surface area contributed by atoms with Crippen LogP contribution in [0.25, 0.3) is 0 Å². The summed E-state index contributed by atoms with van der Waals surface area (Å²) >= 11 is 0. The van der Waals surface area contributed by atoms with Crippen LogP contribution in [0, 0.1) is 0 Å². The zero-order chi connectivity index (χ0) is 27.0. The van der Waals surface area contributed by atoms with Crippen molar-refractivity contribution < 1.29 is 27.4 Å². The Bertz CT molecular complexity index is 1310. The van der Waals surface area contributed by atoms with Gasteiger partial charge in [-0.25, -0.2) is 13.1 Å². The van der Waals surface area contributed by atoms with Crippen LogP contribution < -0.4 is 23.8 Å². The molecule has 38 heavy (non-hydrogen) atoms. The number of nitrogens with zero attached hydrogens (tertiary/aromatic N) is 2. The van der Waals surface area contributed by atoms with E-state index in [4.69, 9.17) is 14.2 Å². The number of sulfonamides is 1. The molecule has 0 unspecified atom stereocenters. The van der Waals surface area contributed by atoms with Crippen molar-refractivity contribution in [1.82, 2.24) is 9.62 Å². The topological polar surface area (TPSA) is 97.4 Å². The van der Waals surface area contributed by atoms with E-state index in [0.717, 1.165) is 24.3 Å². The summed E-state index contributed by atoms with van der Waals surface area (Å²) in [5.74, 6) is 1.56. The average molecular weight is 540 g/mol. The molecule has 3 aromatic carbocycles. The van der Waals surface area contributed by atoms with E-state index in [0.29, 0.717) is 36.8 Å². The highest BCUT2D eigenvalue weighted by molar-refractivity contribution is 7.89. The van der Waals surface area contributed by atoms with Gasteiger partial charge in [0, 0.05) is 38.4 Å². The first-order valence-corrected chi connectivity index (χ1v) is 13.9. The number of carbonyl (C=O) groups excluding carboxylic acids is 1. The molecule has 0 radical (unpaired) electrons. The quantitative estimate of drug-likeness (QED) is 0.400. The molecule has 0 aliphatic carbocycles. The predicted octanol–water partition coefficient (Wildman–Crippen LogP) is 2.95. The molecule has 1 amide bonds. The first-order chi connectivity index (χ1) is 18.4. The number of piperazine rings is 1. The third kappa shape index (κ3) is 6.96. The van der Waals surface area contributed by atoms with E-state index in [1.54, 1.807) is 37.3 Å². The number of methoxy groups -OCH3 is 2. The zero-order valence-electron chi connectivity index (χ0n) is 21.6. The van der Waals surface area contributed by atoms with Crippen LogP contribution in [-0.2, 0) is 21.2 Å².